The number of benzene rings is 1. The van der Waals surface area contributed by atoms with Gasteiger partial charge >= 0.3 is 0 Å². The summed E-state index contributed by atoms with van der Waals surface area (Å²) in [6.45, 7) is 1.95. The van der Waals surface area contributed by atoms with E-state index < -0.39 is 0 Å². The lowest BCUT2D eigenvalue weighted by atomic mass is 10.2. The van der Waals surface area contributed by atoms with Crippen molar-refractivity contribution in [2.24, 2.45) is 0 Å². The fourth-order valence-corrected chi connectivity index (χ4v) is 1.41. The summed E-state index contributed by atoms with van der Waals surface area (Å²) in [6, 6.07) is 10.9. The maximum Gasteiger partial charge on any atom is 0.222 e. The molecule has 88 valence electrons. The molecule has 1 aromatic carbocycles. The minimum Gasteiger partial charge on any atom is -0.481 e. The van der Waals surface area contributed by atoms with Crippen LogP contribution in [0.4, 0.5) is 5.69 Å². The molecule has 0 fully saturated rings. The minimum atomic E-state index is 0.484. The summed E-state index contributed by atoms with van der Waals surface area (Å²) in [5.41, 5.74) is 7.38. The number of pyridine rings is 1. The summed E-state index contributed by atoms with van der Waals surface area (Å²) in [5.74, 6) is 1.70. The van der Waals surface area contributed by atoms with Crippen LogP contribution in [0, 0.1) is 6.92 Å². The molecular formula is C13H14N2O2. The number of rotatable bonds is 3. The highest BCUT2D eigenvalue weighted by Crippen LogP contribution is 2.26. The van der Waals surface area contributed by atoms with Crippen LogP contribution in [0.2, 0.25) is 0 Å². The zero-order chi connectivity index (χ0) is 12.3. The van der Waals surface area contributed by atoms with Crippen LogP contribution in [0.1, 0.15) is 5.56 Å². The molecule has 0 bridgehead atoms. The van der Waals surface area contributed by atoms with Crippen molar-refractivity contribution in [3.63, 3.8) is 0 Å². The van der Waals surface area contributed by atoms with Gasteiger partial charge in [-0.05, 0) is 18.6 Å². The summed E-state index contributed by atoms with van der Waals surface area (Å²) >= 11 is 0. The first-order chi connectivity index (χ1) is 8.19. The molecule has 0 unspecified atom stereocenters. The fraction of sp³-hybridized carbons (Fsp3) is 0.154. The highest BCUT2D eigenvalue weighted by atomic mass is 16.5. The van der Waals surface area contributed by atoms with Crippen LogP contribution in [-0.4, -0.2) is 12.1 Å². The lowest BCUT2D eigenvalue weighted by Gasteiger charge is -2.09. The fourth-order valence-electron chi connectivity index (χ4n) is 1.41. The van der Waals surface area contributed by atoms with E-state index >= 15 is 0 Å². The van der Waals surface area contributed by atoms with Crippen molar-refractivity contribution < 1.29 is 9.47 Å². The van der Waals surface area contributed by atoms with Gasteiger partial charge in [0.1, 0.15) is 5.75 Å². The first kappa shape index (κ1) is 11.3. The molecule has 17 heavy (non-hydrogen) atoms. The molecule has 2 N–H and O–H groups in total. The van der Waals surface area contributed by atoms with E-state index in [1.807, 2.05) is 25.1 Å². The van der Waals surface area contributed by atoms with Crippen LogP contribution >= 0.6 is 0 Å². The highest BCUT2D eigenvalue weighted by molar-refractivity contribution is 5.49. The first-order valence-corrected chi connectivity index (χ1v) is 5.24. The number of nitrogens with zero attached hydrogens (tertiary/aromatic N) is 1. The Hall–Kier alpha value is -2.23. The predicted octanol–water partition coefficient (Wildman–Crippen LogP) is 2.77. The lowest BCUT2D eigenvalue weighted by Crippen LogP contribution is -1.94. The van der Waals surface area contributed by atoms with Crippen LogP contribution in [0.3, 0.4) is 0 Å². The molecule has 0 saturated carbocycles. The second-order valence-corrected chi connectivity index (χ2v) is 3.65. The maximum absolute atomic E-state index is 5.71. The van der Waals surface area contributed by atoms with Crippen LogP contribution in [0.25, 0.3) is 0 Å². The molecule has 2 rings (SSSR count). The average molecular weight is 230 g/mol. The molecule has 0 aliphatic rings. The molecule has 4 nitrogen and oxygen atoms in total. The van der Waals surface area contributed by atoms with Gasteiger partial charge in [0.2, 0.25) is 11.8 Å². The molecule has 0 aliphatic heterocycles. The van der Waals surface area contributed by atoms with Gasteiger partial charge in [-0.15, -0.1) is 0 Å². The van der Waals surface area contributed by atoms with E-state index in [9.17, 15) is 0 Å². The molecule has 0 aliphatic carbocycles. The van der Waals surface area contributed by atoms with Gasteiger partial charge in [0.05, 0.1) is 7.11 Å². The van der Waals surface area contributed by atoms with E-state index in [1.54, 1.807) is 25.3 Å². The number of aryl methyl sites for hydroxylation is 1. The minimum absolute atomic E-state index is 0.484. The lowest BCUT2D eigenvalue weighted by molar-refractivity contribution is 0.383. The van der Waals surface area contributed by atoms with Crippen molar-refractivity contribution >= 4 is 5.69 Å². The maximum atomic E-state index is 5.71. The largest absolute Gasteiger partial charge is 0.481 e. The van der Waals surface area contributed by atoms with Gasteiger partial charge in [-0.3, -0.25) is 0 Å². The van der Waals surface area contributed by atoms with Gasteiger partial charge in [-0.1, -0.05) is 12.1 Å². The third-order valence-electron chi connectivity index (χ3n) is 2.33. The van der Waals surface area contributed by atoms with E-state index in [2.05, 4.69) is 4.98 Å². The van der Waals surface area contributed by atoms with Crippen LogP contribution < -0.4 is 15.2 Å². The van der Waals surface area contributed by atoms with E-state index in [1.165, 1.54) is 0 Å². The molecule has 4 heteroatoms. The van der Waals surface area contributed by atoms with E-state index in [4.69, 9.17) is 15.2 Å². The standard InChI is InChI=1S/C13H14N2O2/c1-9-6-7-10(14)8-11(9)17-13-5-3-4-12(15-13)16-2/h3-8H,14H2,1-2H3. The Morgan fingerprint density at radius 3 is 2.65 bits per heavy atom. The second kappa shape index (κ2) is 4.74. The summed E-state index contributed by atoms with van der Waals surface area (Å²) in [4.78, 5) is 4.17. The third kappa shape index (κ3) is 2.66. The Morgan fingerprint density at radius 1 is 1.12 bits per heavy atom. The normalized spacial score (nSPS) is 10.0. The number of anilines is 1. The third-order valence-corrected chi connectivity index (χ3v) is 2.33. The predicted molar refractivity (Wildman–Crippen MR) is 66.5 cm³/mol. The number of hydrogen-bond acceptors (Lipinski definition) is 4. The molecule has 1 aromatic heterocycles. The molecule has 1 heterocycles. The number of nitrogen functional groups attached to an aromatic ring is 1. The van der Waals surface area contributed by atoms with Crippen LogP contribution in [0.5, 0.6) is 17.5 Å². The summed E-state index contributed by atoms with van der Waals surface area (Å²) in [7, 11) is 1.57. The molecular weight excluding hydrogens is 216 g/mol. The monoisotopic (exact) mass is 230 g/mol. The summed E-state index contributed by atoms with van der Waals surface area (Å²) in [6.07, 6.45) is 0. The zero-order valence-electron chi connectivity index (χ0n) is 9.81. The number of nitrogens with two attached hydrogens (primary N) is 1. The van der Waals surface area contributed by atoms with E-state index in [-0.39, 0.29) is 0 Å². The quantitative estimate of drug-likeness (QED) is 0.824. The van der Waals surface area contributed by atoms with Gasteiger partial charge < -0.3 is 15.2 Å². The van der Waals surface area contributed by atoms with Crippen molar-refractivity contribution in [1.82, 2.24) is 4.98 Å². The van der Waals surface area contributed by atoms with Gasteiger partial charge in [-0.25, -0.2) is 0 Å². The van der Waals surface area contributed by atoms with E-state index in [0.29, 0.717) is 23.2 Å². The Balaban J connectivity index is 2.27. The van der Waals surface area contributed by atoms with Gasteiger partial charge in [-0.2, -0.15) is 4.98 Å². The van der Waals surface area contributed by atoms with Crippen molar-refractivity contribution in [2.75, 3.05) is 12.8 Å². The van der Waals surface area contributed by atoms with Gasteiger partial charge in [0.15, 0.2) is 0 Å². The first-order valence-electron chi connectivity index (χ1n) is 5.24. The van der Waals surface area contributed by atoms with Gasteiger partial charge in [0.25, 0.3) is 0 Å². The van der Waals surface area contributed by atoms with Crippen molar-refractivity contribution in [1.29, 1.82) is 0 Å². The summed E-state index contributed by atoms with van der Waals surface area (Å²) in [5, 5.41) is 0. The molecule has 0 amide bonds. The number of aromatic nitrogens is 1. The van der Waals surface area contributed by atoms with Crippen molar-refractivity contribution in [3.05, 3.63) is 42.0 Å². The Labute approximate surface area is 100 Å². The molecule has 0 saturated heterocycles. The molecule has 0 atom stereocenters. The second-order valence-electron chi connectivity index (χ2n) is 3.65. The average Bonchev–Trinajstić information content (AvgIpc) is 2.34. The molecule has 0 radical (unpaired) electrons. The van der Waals surface area contributed by atoms with Gasteiger partial charge in [0, 0.05) is 23.9 Å². The smallest absolute Gasteiger partial charge is 0.222 e. The molecule has 2 aromatic rings. The van der Waals surface area contributed by atoms with Crippen molar-refractivity contribution in [2.45, 2.75) is 6.92 Å². The molecule has 0 spiro atoms. The number of hydrogen-bond donors (Lipinski definition) is 1. The summed E-state index contributed by atoms with van der Waals surface area (Å²) < 4.78 is 10.7. The number of methoxy groups -OCH3 is 1. The van der Waals surface area contributed by atoms with Crippen LogP contribution in [0.15, 0.2) is 36.4 Å². The zero-order valence-corrected chi connectivity index (χ0v) is 9.81. The van der Waals surface area contributed by atoms with Crippen LogP contribution in [-0.2, 0) is 0 Å². The van der Waals surface area contributed by atoms with E-state index in [0.717, 1.165) is 5.56 Å². The highest BCUT2D eigenvalue weighted by Gasteiger charge is 2.04. The SMILES string of the molecule is COc1cccc(Oc2cc(N)ccc2C)n1. The Morgan fingerprint density at radius 2 is 1.88 bits per heavy atom. The van der Waals surface area contributed by atoms with Crippen molar-refractivity contribution in [3.8, 4) is 17.5 Å². The number of ether oxygens (including phenoxy) is 2. The topological polar surface area (TPSA) is 57.4 Å². The Bertz CT molecular complexity index is 527. The Kier molecular flexibility index (Phi) is 3.14.